The molecule has 0 radical (unpaired) electrons. The van der Waals surface area contributed by atoms with Crippen molar-refractivity contribution in [2.45, 2.75) is 32.2 Å². The highest BCUT2D eigenvalue weighted by Crippen LogP contribution is 2.29. The molecule has 2 unspecified atom stereocenters. The third kappa shape index (κ3) is 4.21. The van der Waals surface area contributed by atoms with Crippen molar-refractivity contribution in [2.75, 3.05) is 26.2 Å². The predicted octanol–water partition coefficient (Wildman–Crippen LogP) is 3.28. The van der Waals surface area contributed by atoms with Gasteiger partial charge in [-0.3, -0.25) is 4.90 Å². The Labute approximate surface area is 130 Å². The van der Waals surface area contributed by atoms with Crippen molar-refractivity contribution in [1.82, 2.24) is 4.90 Å². The molecule has 1 fully saturated rings. The van der Waals surface area contributed by atoms with E-state index in [4.69, 9.17) is 10.5 Å². The fraction of sp³-hybridized carbons (Fsp3) is 0.625. The molecule has 1 aromatic carbocycles. The van der Waals surface area contributed by atoms with E-state index in [1.165, 1.54) is 19.3 Å². The van der Waals surface area contributed by atoms with Crippen molar-refractivity contribution in [1.29, 1.82) is 0 Å². The maximum absolute atomic E-state index is 5.89. The number of benzene rings is 1. The lowest BCUT2D eigenvalue weighted by atomic mass is 10.0. The second kappa shape index (κ2) is 8.01. The van der Waals surface area contributed by atoms with Gasteiger partial charge in [0, 0.05) is 17.1 Å². The number of nitrogens with two attached hydrogens (primary N) is 1. The van der Waals surface area contributed by atoms with Gasteiger partial charge in [0.15, 0.2) is 0 Å². The van der Waals surface area contributed by atoms with Crippen LogP contribution in [0.15, 0.2) is 28.7 Å². The molecule has 0 aromatic heterocycles. The van der Waals surface area contributed by atoms with E-state index in [9.17, 15) is 0 Å². The zero-order valence-electron chi connectivity index (χ0n) is 12.2. The molecule has 0 heterocycles. The molecule has 1 saturated carbocycles. The zero-order chi connectivity index (χ0) is 14.4. The van der Waals surface area contributed by atoms with E-state index >= 15 is 0 Å². The van der Waals surface area contributed by atoms with Gasteiger partial charge in [-0.25, -0.2) is 0 Å². The Hall–Kier alpha value is -0.580. The molecule has 20 heavy (non-hydrogen) atoms. The Morgan fingerprint density at radius 1 is 1.30 bits per heavy atom. The van der Waals surface area contributed by atoms with Gasteiger partial charge in [0.2, 0.25) is 0 Å². The van der Waals surface area contributed by atoms with Crippen LogP contribution in [-0.2, 0) is 0 Å². The average molecular weight is 341 g/mol. The van der Waals surface area contributed by atoms with E-state index in [2.05, 4.69) is 27.8 Å². The quantitative estimate of drug-likeness (QED) is 0.827. The molecule has 3 nitrogen and oxygen atoms in total. The van der Waals surface area contributed by atoms with E-state index in [0.717, 1.165) is 36.5 Å². The highest BCUT2D eigenvalue weighted by Gasteiger charge is 2.30. The van der Waals surface area contributed by atoms with Crippen LogP contribution in [0.1, 0.15) is 26.2 Å². The van der Waals surface area contributed by atoms with E-state index in [1.54, 1.807) is 0 Å². The second-order valence-electron chi connectivity index (χ2n) is 5.43. The largest absolute Gasteiger partial charge is 0.492 e. The normalized spacial score (nSPS) is 22.4. The summed E-state index contributed by atoms with van der Waals surface area (Å²) < 4.78 is 6.91. The van der Waals surface area contributed by atoms with Gasteiger partial charge in [-0.05, 0) is 56.1 Å². The summed E-state index contributed by atoms with van der Waals surface area (Å²) in [6.07, 6.45) is 3.88. The number of likely N-dealkylation sites (N-methyl/N-ethyl adjacent to an activating group) is 1. The number of rotatable bonds is 7. The van der Waals surface area contributed by atoms with Crippen LogP contribution in [-0.4, -0.2) is 37.2 Å². The first-order chi connectivity index (χ1) is 9.74. The average Bonchev–Trinajstić information content (AvgIpc) is 2.94. The molecular weight excluding hydrogens is 316 g/mol. The minimum atomic E-state index is 0.651. The first-order valence-electron chi connectivity index (χ1n) is 7.57. The molecule has 0 spiro atoms. The molecule has 1 aliphatic rings. The lowest BCUT2D eigenvalue weighted by Gasteiger charge is -2.31. The highest BCUT2D eigenvalue weighted by atomic mass is 79.9. The summed E-state index contributed by atoms with van der Waals surface area (Å²) in [5.41, 5.74) is 5.89. The number of ether oxygens (including phenoxy) is 1. The Balaban J connectivity index is 1.80. The van der Waals surface area contributed by atoms with Gasteiger partial charge in [0.1, 0.15) is 12.4 Å². The minimum Gasteiger partial charge on any atom is -0.492 e. The molecule has 2 atom stereocenters. The van der Waals surface area contributed by atoms with Crippen LogP contribution in [0.4, 0.5) is 0 Å². The van der Waals surface area contributed by atoms with Gasteiger partial charge >= 0.3 is 0 Å². The summed E-state index contributed by atoms with van der Waals surface area (Å²) in [6.45, 7) is 5.84. The molecule has 0 amide bonds. The van der Waals surface area contributed by atoms with Crippen LogP contribution in [0.25, 0.3) is 0 Å². The number of nitrogens with zero attached hydrogens (tertiary/aromatic N) is 1. The SMILES string of the molecule is CCN(CCOc1ccc(Br)cc1)C1CCCC1CN. The molecule has 0 bridgehead atoms. The number of halogens is 1. The molecule has 2 rings (SSSR count). The Bertz CT molecular complexity index is 396. The fourth-order valence-electron chi connectivity index (χ4n) is 3.14. The first kappa shape index (κ1) is 15.8. The van der Waals surface area contributed by atoms with Crippen LogP contribution in [0, 0.1) is 5.92 Å². The predicted molar refractivity (Wildman–Crippen MR) is 87.1 cm³/mol. The van der Waals surface area contributed by atoms with Crippen molar-refractivity contribution >= 4 is 15.9 Å². The summed E-state index contributed by atoms with van der Waals surface area (Å²) in [6, 6.07) is 8.67. The van der Waals surface area contributed by atoms with Crippen LogP contribution >= 0.6 is 15.9 Å². The highest BCUT2D eigenvalue weighted by molar-refractivity contribution is 9.10. The Morgan fingerprint density at radius 3 is 2.70 bits per heavy atom. The molecule has 1 aliphatic carbocycles. The second-order valence-corrected chi connectivity index (χ2v) is 6.34. The van der Waals surface area contributed by atoms with Crippen molar-refractivity contribution in [3.05, 3.63) is 28.7 Å². The summed E-state index contributed by atoms with van der Waals surface area (Å²) in [4.78, 5) is 2.53. The molecule has 0 saturated heterocycles. The van der Waals surface area contributed by atoms with E-state index in [1.807, 2.05) is 24.3 Å². The summed E-state index contributed by atoms with van der Waals surface area (Å²) in [5, 5.41) is 0. The summed E-state index contributed by atoms with van der Waals surface area (Å²) in [5.74, 6) is 1.61. The molecule has 2 N–H and O–H groups in total. The van der Waals surface area contributed by atoms with E-state index < -0.39 is 0 Å². The van der Waals surface area contributed by atoms with Gasteiger partial charge in [0.25, 0.3) is 0 Å². The van der Waals surface area contributed by atoms with Crippen molar-refractivity contribution in [3.63, 3.8) is 0 Å². The van der Waals surface area contributed by atoms with Crippen molar-refractivity contribution in [2.24, 2.45) is 11.7 Å². The molecule has 112 valence electrons. The first-order valence-corrected chi connectivity index (χ1v) is 8.36. The zero-order valence-corrected chi connectivity index (χ0v) is 13.8. The van der Waals surface area contributed by atoms with Gasteiger partial charge in [-0.1, -0.05) is 29.3 Å². The topological polar surface area (TPSA) is 38.5 Å². The van der Waals surface area contributed by atoms with Crippen molar-refractivity contribution in [3.8, 4) is 5.75 Å². The monoisotopic (exact) mass is 340 g/mol. The third-order valence-electron chi connectivity index (χ3n) is 4.26. The van der Waals surface area contributed by atoms with E-state index in [-0.39, 0.29) is 0 Å². The molecule has 4 heteroatoms. The molecule has 1 aromatic rings. The number of hydrogen-bond donors (Lipinski definition) is 1. The summed E-state index contributed by atoms with van der Waals surface area (Å²) in [7, 11) is 0. The lowest BCUT2D eigenvalue weighted by molar-refractivity contribution is 0.141. The van der Waals surface area contributed by atoms with Crippen LogP contribution in [0.5, 0.6) is 5.75 Å². The lowest BCUT2D eigenvalue weighted by Crippen LogP contribution is -2.42. The summed E-state index contributed by atoms with van der Waals surface area (Å²) >= 11 is 3.43. The standard InChI is InChI=1S/C16H25BrN2O/c1-2-19(16-5-3-4-13(16)12-18)10-11-20-15-8-6-14(17)7-9-15/h6-9,13,16H,2-5,10-12,18H2,1H3. The van der Waals surface area contributed by atoms with Gasteiger partial charge in [0.05, 0.1) is 0 Å². The van der Waals surface area contributed by atoms with Crippen LogP contribution in [0.3, 0.4) is 0 Å². The van der Waals surface area contributed by atoms with Gasteiger partial charge in [-0.2, -0.15) is 0 Å². The Kier molecular flexibility index (Phi) is 6.33. The van der Waals surface area contributed by atoms with Gasteiger partial charge < -0.3 is 10.5 Å². The van der Waals surface area contributed by atoms with Crippen LogP contribution < -0.4 is 10.5 Å². The van der Waals surface area contributed by atoms with E-state index in [0.29, 0.717) is 12.0 Å². The fourth-order valence-corrected chi connectivity index (χ4v) is 3.41. The third-order valence-corrected chi connectivity index (χ3v) is 4.79. The maximum atomic E-state index is 5.89. The smallest absolute Gasteiger partial charge is 0.119 e. The maximum Gasteiger partial charge on any atom is 0.119 e. The van der Waals surface area contributed by atoms with Crippen molar-refractivity contribution < 1.29 is 4.74 Å². The Morgan fingerprint density at radius 2 is 2.05 bits per heavy atom. The van der Waals surface area contributed by atoms with Gasteiger partial charge in [-0.15, -0.1) is 0 Å². The molecule has 0 aliphatic heterocycles. The van der Waals surface area contributed by atoms with Crippen LogP contribution in [0.2, 0.25) is 0 Å². The molecular formula is C16H25BrN2O. The number of hydrogen-bond acceptors (Lipinski definition) is 3. The minimum absolute atomic E-state index is 0.651.